The Morgan fingerprint density at radius 2 is 1.82 bits per heavy atom. The number of nitrogens with zero attached hydrogens (tertiary/aromatic N) is 2. The van der Waals surface area contributed by atoms with Gasteiger partial charge in [-0.1, -0.05) is 37.6 Å². The molecule has 0 radical (unpaired) electrons. The van der Waals surface area contributed by atoms with Gasteiger partial charge in [0.15, 0.2) is 5.03 Å². The summed E-state index contributed by atoms with van der Waals surface area (Å²) in [7, 11) is -4.26. The number of rotatable bonds is 9. The number of carbonyl (C=O) groups is 1. The molecule has 1 N–H and O–H groups in total. The topological polar surface area (TPSA) is 107 Å². The molecule has 0 aliphatic heterocycles. The molecule has 4 aromatic rings. The van der Waals surface area contributed by atoms with Crippen molar-refractivity contribution < 1.29 is 27.1 Å². The van der Waals surface area contributed by atoms with E-state index in [9.17, 15) is 17.6 Å². The highest BCUT2D eigenvalue weighted by Crippen LogP contribution is 2.31. The molecule has 0 fully saturated rings. The number of hydrogen-bond donors (Lipinski definition) is 1. The summed E-state index contributed by atoms with van der Waals surface area (Å²) in [5.41, 5.74) is 2.35. The van der Waals surface area contributed by atoms with E-state index in [2.05, 4.69) is 9.97 Å². The van der Waals surface area contributed by atoms with Gasteiger partial charge >= 0.3 is 0 Å². The first kappa shape index (κ1) is 27.7. The Balaban J connectivity index is 1.75. The number of ether oxygens (including phenoxy) is 2. The van der Waals surface area contributed by atoms with E-state index in [-0.39, 0.29) is 22.4 Å². The summed E-state index contributed by atoms with van der Waals surface area (Å²) in [5.74, 6) is -0.629. The molecule has 202 valence electrons. The lowest BCUT2D eigenvalue weighted by Gasteiger charge is -2.15. The molecule has 2 aromatic carbocycles. The molecule has 10 heteroatoms. The first-order valence-electron chi connectivity index (χ1n) is 12.2. The maximum Gasteiger partial charge on any atom is 0.281 e. The van der Waals surface area contributed by atoms with Crippen LogP contribution in [0.1, 0.15) is 35.3 Å². The summed E-state index contributed by atoms with van der Waals surface area (Å²) in [6, 6.07) is 16.9. The fraction of sp³-hybridized carbons (Fsp3) is 0.207. The minimum Gasteiger partial charge on any atom is -0.493 e. The Hall–Kier alpha value is -4.31. The standard InChI is InChI=1S/C29H28FN3O5S/c1-18(2)17-37-23-15-21(14-22(30)16-23)25-10-9-24(28(34)33-39(35,36)27-7-5-6-12-31-27)29(32-25)38-26-11-8-19(3)13-20(26)4/h5-16,18H,17H2,1-4H3,(H,33,34). The fourth-order valence-electron chi connectivity index (χ4n) is 3.66. The molecule has 2 heterocycles. The number of halogens is 1. The number of nitrogens with one attached hydrogen (secondary N) is 1. The molecule has 0 aliphatic carbocycles. The number of hydrogen-bond acceptors (Lipinski definition) is 7. The second-order valence-corrected chi connectivity index (χ2v) is 11.0. The lowest BCUT2D eigenvalue weighted by Crippen LogP contribution is -2.31. The Morgan fingerprint density at radius 3 is 2.51 bits per heavy atom. The fourth-order valence-corrected chi connectivity index (χ4v) is 4.58. The van der Waals surface area contributed by atoms with E-state index in [1.54, 1.807) is 18.2 Å². The molecular weight excluding hydrogens is 521 g/mol. The number of aromatic nitrogens is 2. The third kappa shape index (κ3) is 6.97. The predicted molar refractivity (Wildman–Crippen MR) is 145 cm³/mol. The highest BCUT2D eigenvalue weighted by Gasteiger charge is 2.24. The van der Waals surface area contributed by atoms with Crippen LogP contribution in [-0.4, -0.2) is 30.9 Å². The monoisotopic (exact) mass is 549 g/mol. The van der Waals surface area contributed by atoms with E-state index in [1.165, 1.54) is 42.6 Å². The molecular formula is C29H28FN3O5S. The van der Waals surface area contributed by atoms with Gasteiger partial charge in [-0.3, -0.25) is 4.79 Å². The minimum absolute atomic E-state index is 0.133. The normalized spacial score (nSPS) is 11.3. The smallest absolute Gasteiger partial charge is 0.281 e. The van der Waals surface area contributed by atoms with Crippen LogP contribution in [0.2, 0.25) is 0 Å². The second-order valence-electron chi connectivity index (χ2n) is 9.40. The van der Waals surface area contributed by atoms with E-state index in [1.807, 2.05) is 44.5 Å². The third-order valence-electron chi connectivity index (χ3n) is 5.53. The number of sulfonamides is 1. The van der Waals surface area contributed by atoms with E-state index >= 15 is 0 Å². The van der Waals surface area contributed by atoms with E-state index in [4.69, 9.17) is 9.47 Å². The van der Waals surface area contributed by atoms with Crippen LogP contribution in [0.3, 0.4) is 0 Å². The number of benzene rings is 2. The number of pyridine rings is 2. The van der Waals surface area contributed by atoms with Crippen LogP contribution in [0, 0.1) is 25.6 Å². The summed E-state index contributed by atoms with van der Waals surface area (Å²) >= 11 is 0. The zero-order chi connectivity index (χ0) is 28.2. The molecule has 0 atom stereocenters. The van der Waals surface area contributed by atoms with Crippen LogP contribution in [0.25, 0.3) is 11.3 Å². The summed E-state index contributed by atoms with van der Waals surface area (Å²) in [4.78, 5) is 21.5. The van der Waals surface area contributed by atoms with Gasteiger partial charge in [0.2, 0.25) is 5.88 Å². The predicted octanol–water partition coefficient (Wildman–Crippen LogP) is 5.85. The van der Waals surface area contributed by atoms with Gasteiger partial charge in [0.05, 0.1) is 12.3 Å². The van der Waals surface area contributed by atoms with Crippen molar-refractivity contribution in [2.24, 2.45) is 5.92 Å². The summed E-state index contributed by atoms with van der Waals surface area (Å²) in [5, 5.41) is -0.312. The summed E-state index contributed by atoms with van der Waals surface area (Å²) in [6.07, 6.45) is 1.31. The van der Waals surface area contributed by atoms with Crippen molar-refractivity contribution in [2.75, 3.05) is 6.61 Å². The van der Waals surface area contributed by atoms with Crippen molar-refractivity contribution in [2.45, 2.75) is 32.7 Å². The SMILES string of the molecule is Cc1ccc(Oc2nc(-c3cc(F)cc(OCC(C)C)c3)ccc2C(=O)NS(=O)(=O)c2ccccn2)c(C)c1. The Bertz CT molecular complexity index is 1610. The van der Waals surface area contributed by atoms with Crippen molar-refractivity contribution in [1.29, 1.82) is 0 Å². The van der Waals surface area contributed by atoms with Gasteiger partial charge in [0, 0.05) is 17.8 Å². The van der Waals surface area contributed by atoms with Crippen molar-refractivity contribution in [3.05, 3.63) is 95.4 Å². The molecule has 0 spiro atoms. The van der Waals surface area contributed by atoms with Crippen LogP contribution in [0.15, 0.2) is 78.0 Å². The maximum atomic E-state index is 14.5. The summed E-state index contributed by atoms with van der Waals surface area (Å²) in [6.45, 7) is 8.13. The van der Waals surface area contributed by atoms with Gasteiger partial charge < -0.3 is 9.47 Å². The van der Waals surface area contributed by atoms with Crippen LogP contribution in [0.4, 0.5) is 4.39 Å². The highest BCUT2D eigenvalue weighted by atomic mass is 32.2. The molecule has 2 aromatic heterocycles. The minimum atomic E-state index is -4.26. The van der Waals surface area contributed by atoms with Crippen molar-refractivity contribution in [3.8, 4) is 28.6 Å². The second kappa shape index (κ2) is 11.6. The van der Waals surface area contributed by atoms with Crippen LogP contribution < -0.4 is 14.2 Å². The lowest BCUT2D eigenvalue weighted by molar-refractivity contribution is 0.0978. The zero-order valence-electron chi connectivity index (χ0n) is 21.9. The molecule has 0 aliphatic rings. The molecule has 0 bridgehead atoms. The lowest BCUT2D eigenvalue weighted by atomic mass is 10.1. The summed E-state index contributed by atoms with van der Waals surface area (Å²) < 4.78 is 53.7. The van der Waals surface area contributed by atoms with Crippen LogP contribution in [0.5, 0.6) is 17.4 Å². The first-order chi connectivity index (χ1) is 18.5. The van der Waals surface area contributed by atoms with Gasteiger partial charge in [-0.2, -0.15) is 8.42 Å². The van der Waals surface area contributed by atoms with Gasteiger partial charge in [0.1, 0.15) is 22.9 Å². The zero-order valence-corrected chi connectivity index (χ0v) is 22.8. The van der Waals surface area contributed by atoms with Crippen molar-refractivity contribution in [3.63, 3.8) is 0 Å². The number of carbonyl (C=O) groups excluding carboxylic acids is 1. The molecule has 1 amide bonds. The highest BCUT2D eigenvalue weighted by molar-refractivity contribution is 7.90. The average molecular weight is 550 g/mol. The molecule has 8 nitrogen and oxygen atoms in total. The first-order valence-corrected chi connectivity index (χ1v) is 13.7. The molecule has 39 heavy (non-hydrogen) atoms. The van der Waals surface area contributed by atoms with Gasteiger partial charge in [-0.15, -0.1) is 0 Å². The number of amides is 1. The van der Waals surface area contributed by atoms with Gasteiger partial charge in [-0.25, -0.2) is 19.1 Å². The molecule has 0 unspecified atom stereocenters. The van der Waals surface area contributed by atoms with Crippen molar-refractivity contribution >= 4 is 15.9 Å². The quantitative estimate of drug-likeness (QED) is 0.279. The third-order valence-corrected chi connectivity index (χ3v) is 6.78. The van der Waals surface area contributed by atoms with Crippen LogP contribution in [-0.2, 0) is 10.0 Å². The van der Waals surface area contributed by atoms with Gasteiger partial charge in [-0.05, 0) is 67.8 Å². The van der Waals surface area contributed by atoms with E-state index < -0.39 is 21.7 Å². The van der Waals surface area contributed by atoms with Crippen molar-refractivity contribution in [1.82, 2.24) is 14.7 Å². The average Bonchev–Trinajstić information content (AvgIpc) is 2.89. The Labute approximate surface area is 226 Å². The van der Waals surface area contributed by atoms with E-state index in [0.717, 1.165) is 11.1 Å². The van der Waals surface area contributed by atoms with Crippen LogP contribution >= 0.6 is 0 Å². The Kier molecular flexibility index (Phi) is 8.25. The molecule has 0 saturated heterocycles. The Morgan fingerprint density at radius 1 is 1.03 bits per heavy atom. The van der Waals surface area contributed by atoms with Gasteiger partial charge in [0.25, 0.3) is 15.9 Å². The maximum absolute atomic E-state index is 14.5. The van der Waals surface area contributed by atoms with E-state index in [0.29, 0.717) is 29.4 Å². The molecule has 0 saturated carbocycles. The molecule has 4 rings (SSSR count). The largest absolute Gasteiger partial charge is 0.493 e. The number of aryl methyl sites for hydroxylation is 2.